The van der Waals surface area contributed by atoms with E-state index in [0.717, 1.165) is 10.4 Å². The van der Waals surface area contributed by atoms with Crippen molar-refractivity contribution in [2.45, 2.75) is 6.54 Å². The number of rotatable bonds is 1. The van der Waals surface area contributed by atoms with Crippen LogP contribution in [0.15, 0.2) is 33.9 Å². The minimum absolute atomic E-state index is 0.325. The first-order chi connectivity index (χ1) is 9.08. The second-order valence-corrected chi connectivity index (χ2v) is 4.31. The average Bonchev–Trinajstić information content (AvgIpc) is 2.81. The lowest BCUT2D eigenvalue weighted by molar-refractivity contribution is 0.627. The highest BCUT2D eigenvalue weighted by Gasteiger charge is 2.25. The van der Waals surface area contributed by atoms with Crippen LogP contribution >= 0.6 is 0 Å². The maximum atomic E-state index is 12.9. The number of hydrogen-bond donors (Lipinski definition) is 0. The number of aromatic nitrogens is 3. The molecule has 7 heteroatoms. The molecule has 3 rings (SSSR count). The highest BCUT2D eigenvalue weighted by atomic mass is 19.1. The fourth-order valence-electron chi connectivity index (χ4n) is 2.15. The molecular formula is C12H11FN4O2. The molecule has 0 aliphatic carbocycles. The zero-order chi connectivity index (χ0) is 13.6. The van der Waals surface area contributed by atoms with Crippen molar-refractivity contribution in [2.24, 2.45) is 7.05 Å². The van der Waals surface area contributed by atoms with Crippen LogP contribution in [0.2, 0.25) is 0 Å². The molecule has 19 heavy (non-hydrogen) atoms. The van der Waals surface area contributed by atoms with Crippen molar-refractivity contribution in [3.63, 3.8) is 0 Å². The maximum Gasteiger partial charge on any atom is 0.332 e. The Morgan fingerprint density at radius 3 is 2.47 bits per heavy atom. The molecule has 0 saturated heterocycles. The number of anilines is 2. The molecule has 1 aliphatic heterocycles. The van der Waals surface area contributed by atoms with Gasteiger partial charge in [-0.15, -0.1) is 5.10 Å². The fraction of sp³-hybridized carbons (Fsp3) is 0.250. The summed E-state index contributed by atoms with van der Waals surface area (Å²) in [7, 11) is 1.44. The quantitative estimate of drug-likeness (QED) is 0.690. The Morgan fingerprint density at radius 1 is 1.11 bits per heavy atom. The Hall–Kier alpha value is -2.44. The summed E-state index contributed by atoms with van der Waals surface area (Å²) in [6, 6.07) is 5.92. The topological polar surface area (TPSA) is 60.1 Å². The van der Waals surface area contributed by atoms with Crippen LogP contribution in [0.5, 0.6) is 0 Å². The normalized spacial score (nSPS) is 13.7. The molecule has 0 radical (unpaired) electrons. The molecule has 2 aromatic rings. The summed E-state index contributed by atoms with van der Waals surface area (Å²) >= 11 is 0. The van der Waals surface area contributed by atoms with Gasteiger partial charge < -0.3 is 4.90 Å². The molecule has 0 saturated carbocycles. The van der Waals surface area contributed by atoms with Gasteiger partial charge in [0.25, 0.3) is 0 Å². The highest BCUT2D eigenvalue weighted by Crippen LogP contribution is 2.26. The van der Waals surface area contributed by atoms with Crippen molar-refractivity contribution in [1.82, 2.24) is 14.3 Å². The third-order valence-electron chi connectivity index (χ3n) is 3.13. The van der Waals surface area contributed by atoms with Gasteiger partial charge in [0, 0.05) is 25.8 Å². The standard InChI is InChI=1S/C12H11FN4O2/c1-15-10(18)11(19)17-7-6-16(12(17)14-15)9-4-2-8(13)3-5-9/h2-5H,6-7H2,1H3. The van der Waals surface area contributed by atoms with Gasteiger partial charge in [-0.1, -0.05) is 0 Å². The molecule has 0 fully saturated rings. The largest absolute Gasteiger partial charge is 0.332 e. The SMILES string of the molecule is Cn1nc2n(c(=O)c1=O)CCN2c1ccc(F)cc1. The van der Waals surface area contributed by atoms with E-state index in [-0.39, 0.29) is 5.82 Å². The van der Waals surface area contributed by atoms with Gasteiger partial charge in [0.2, 0.25) is 5.95 Å². The minimum atomic E-state index is -0.648. The predicted octanol–water partition coefficient (Wildman–Crippen LogP) is 0.233. The Balaban J connectivity index is 2.15. The van der Waals surface area contributed by atoms with Crippen molar-refractivity contribution in [3.8, 4) is 0 Å². The summed E-state index contributed by atoms with van der Waals surface area (Å²) in [6.07, 6.45) is 0. The first kappa shape index (κ1) is 11.6. The average molecular weight is 262 g/mol. The number of fused-ring (bicyclic) bond motifs is 1. The molecule has 0 N–H and O–H groups in total. The van der Waals surface area contributed by atoms with E-state index in [9.17, 15) is 14.0 Å². The third-order valence-corrected chi connectivity index (χ3v) is 3.13. The van der Waals surface area contributed by atoms with Crippen molar-refractivity contribution in [2.75, 3.05) is 11.4 Å². The number of hydrogen-bond acceptors (Lipinski definition) is 4. The number of nitrogens with zero attached hydrogens (tertiary/aromatic N) is 4. The monoisotopic (exact) mass is 262 g/mol. The lowest BCUT2D eigenvalue weighted by Crippen LogP contribution is -2.41. The molecule has 1 aliphatic rings. The van der Waals surface area contributed by atoms with E-state index < -0.39 is 11.1 Å². The molecule has 0 unspecified atom stereocenters. The summed E-state index contributed by atoms with van der Waals surface area (Å²) in [5, 5.41) is 4.09. The summed E-state index contributed by atoms with van der Waals surface area (Å²) in [4.78, 5) is 25.1. The predicted molar refractivity (Wildman–Crippen MR) is 67.1 cm³/mol. The van der Waals surface area contributed by atoms with Crippen molar-refractivity contribution >= 4 is 11.6 Å². The van der Waals surface area contributed by atoms with Crippen LogP contribution in [0.3, 0.4) is 0 Å². The molecule has 1 aromatic heterocycles. The van der Waals surface area contributed by atoms with Gasteiger partial charge in [-0.3, -0.25) is 14.2 Å². The van der Waals surface area contributed by atoms with E-state index >= 15 is 0 Å². The van der Waals surface area contributed by atoms with E-state index in [2.05, 4.69) is 5.10 Å². The third kappa shape index (κ3) is 1.74. The smallest absolute Gasteiger partial charge is 0.309 e. The second kappa shape index (κ2) is 4.04. The lowest BCUT2D eigenvalue weighted by atomic mass is 10.3. The number of benzene rings is 1. The zero-order valence-corrected chi connectivity index (χ0v) is 10.2. The van der Waals surface area contributed by atoms with E-state index in [4.69, 9.17) is 0 Å². The summed E-state index contributed by atoms with van der Waals surface area (Å²) in [5.74, 6) is 0.0764. The summed E-state index contributed by atoms with van der Waals surface area (Å²) in [5.41, 5.74) is -0.500. The summed E-state index contributed by atoms with van der Waals surface area (Å²) < 4.78 is 15.3. The van der Waals surface area contributed by atoms with Gasteiger partial charge >= 0.3 is 11.1 Å². The molecule has 6 nitrogen and oxygen atoms in total. The fourth-order valence-corrected chi connectivity index (χ4v) is 2.15. The van der Waals surface area contributed by atoms with E-state index in [1.54, 1.807) is 17.0 Å². The van der Waals surface area contributed by atoms with E-state index in [1.807, 2.05) is 0 Å². The summed E-state index contributed by atoms with van der Waals surface area (Å²) in [6.45, 7) is 0.923. The van der Waals surface area contributed by atoms with Crippen LogP contribution in [-0.2, 0) is 13.6 Å². The van der Waals surface area contributed by atoms with Crippen LogP contribution in [-0.4, -0.2) is 20.9 Å². The Morgan fingerprint density at radius 2 is 1.79 bits per heavy atom. The zero-order valence-electron chi connectivity index (χ0n) is 10.2. The molecule has 0 bridgehead atoms. The van der Waals surface area contributed by atoms with Gasteiger partial charge in [-0.25, -0.2) is 9.07 Å². The molecule has 98 valence electrons. The van der Waals surface area contributed by atoms with Crippen molar-refractivity contribution < 1.29 is 4.39 Å². The van der Waals surface area contributed by atoms with Crippen LogP contribution in [0.4, 0.5) is 16.0 Å². The van der Waals surface area contributed by atoms with Crippen molar-refractivity contribution in [1.29, 1.82) is 0 Å². The van der Waals surface area contributed by atoms with Crippen LogP contribution in [0, 0.1) is 5.82 Å². The molecule has 0 atom stereocenters. The minimum Gasteiger partial charge on any atom is -0.309 e. The van der Waals surface area contributed by atoms with Crippen LogP contribution < -0.4 is 16.0 Å². The van der Waals surface area contributed by atoms with E-state index in [0.29, 0.717) is 19.0 Å². The van der Waals surface area contributed by atoms with Crippen molar-refractivity contribution in [3.05, 3.63) is 50.8 Å². The number of halogens is 1. The second-order valence-electron chi connectivity index (χ2n) is 4.31. The van der Waals surface area contributed by atoms with Gasteiger partial charge in [0.1, 0.15) is 5.82 Å². The van der Waals surface area contributed by atoms with Gasteiger partial charge in [-0.05, 0) is 24.3 Å². The van der Waals surface area contributed by atoms with Gasteiger partial charge in [-0.2, -0.15) is 0 Å². The van der Waals surface area contributed by atoms with Gasteiger partial charge in [0.15, 0.2) is 0 Å². The van der Waals surface area contributed by atoms with E-state index in [1.165, 1.54) is 23.7 Å². The first-order valence-electron chi connectivity index (χ1n) is 5.79. The van der Waals surface area contributed by atoms with Crippen LogP contribution in [0.1, 0.15) is 0 Å². The lowest BCUT2D eigenvalue weighted by Gasteiger charge is -2.17. The Labute approximate surface area is 107 Å². The van der Waals surface area contributed by atoms with Crippen LogP contribution in [0.25, 0.3) is 0 Å². The molecular weight excluding hydrogens is 251 g/mol. The Kier molecular flexibility index (Phi) is 2.48. The molecule has 2 heterocycles. The molecule has 1 aromatic carbocycles. The molecule has 0 spiro atoms. The van der Waals surface area contributed by atoms with Gasteiger partial charge in [0.05, 0.1) is 0 Å². The highest BCUT2D eigenvalue weighted by molar-refractivity contribution is 5.58. The Bertz CT molecular complexity index is 748. The molecule has 0 amide bonds. The maximum absolute atomic E-state index is 12.9. The number of aryl methyl sites for hydroxylation is 1. The first-order valence-corrected chi connectivity index (χ1v) is 5.79.